The highest BCUT2D eigenvalue weighted by atomic mass is 16.5. The molecule has 20 heavy (non-hydrogen) atoms. The minimum absolute atomic E-state index is 0.00615. The van der Waals surface area contributed by atoms with Crippen LogP contribution in [-0.4, -0.2) is 7.11 Å². The molecule has 3 heteroatoms. The Morgan fingerprint density at radius 3 is 2.65 bits per heavy atom. The van der Waals surface area contributed by atoms with Crippen molar-refractivity contribution in [3.8, 4) is 11.5 Å². The molecule has 0 fully saturated rings. The van der Waals surface area contributed by atoms with Gasteiger partial charge < -0.3 is 15.2 Å². The fourth-order valence-electron chi connectivity index (χ4n) is 2.09. The van der Waals surface area contributed by atoms with Crippen LogP contribution in [0.25, 0.3) is 0 Å². The van der Waals surface area contributed by atoms with E-state index >= 15 is 0 Å². The Morgan fingerprint density at radius 1 is 1.10 bits per heavy atom. The lowest BCUT2D eigenvalue weighted by molar-refractivity contribution is 0.184. The van der Waals surface area contributed by atoms with Crippen molar-refractivity contribution in [3.05, 3.63) is 59.7 Å². The van der Waals surface area contributed by atoms with Crippen molar-refractivity contribution in [1.82, 2.24) is 0 Å². The summed E-state index contributed by atoms with van der Waals surface area (Å²) in [6.45, 7) is 2.65. The number of methoxy groups -OCH3 is 1. The zero-order valence-electron chi connectivity index (χ0n) is 12.0. The van der Waals surface area contributed by atoms with Gasteiger partial charge in [0.1, 0.15) is 11.5 Å². The Bertz CT molecular complexity index is 554. The van der Waals surface area contributed by atoms with Crippen LogP contribution in [0.1, 0.15) is 30.5 Å². The number of para-hydroxylation sites is 1. The van der Waals surface area contributed by atoms with E-state index < -0.39 is 0 Å². The smallest absolute Gasteiger partial charge is 0.132 e. The third-order valence-corrected chi connectivity index (χ3v) is 3.20. The summed E-state index contributed by atoms with van der Waals surface area (Å²) in [4.78, 5) is 0. The molecule has 3 nitrogen and oxygen atoms in total. The lowest BCUT2D eigenvalue weighted by atomic mass is 10.0. The summed E-state index contributed by atoms with van der Waals surface area (Å²) < 4.78 is 11.1. The maximum atomic E-state index is 6.13. The van der Waals surface area contributed by atoms with Gasteiger partial charge in [0.2, 0.25) is 0 Å². The zero-order chi connectivity index (χ0) is 14.4. The van der Waals surface area contributed by atoms with E-state index in [0.717, 1.165) is 29.0 Å². The predicted molar refractivity (Wildman–Crippen MR) is 80.9 cm³/mol. The van der Waals surface area contributed by atoms with Gasteiger partial charge in [-0.15, -0.1) is 0 Å². The van der Waals surface area contributed by atoms with Crippen LogP contribution >= 0.6 is 0 Å². The lowest BCUT2D eigenvalue weighted by Crippen LogP contribution is -2.09. The first-order valence-electron chi connectivity index (χ1n) is 6.84. The van der Waals surface area contributed by atoms with Crippen molar-refractivity contribution in [1.29, 1.82) is 0 Å². The zero-order valence-corrected chi connectivity index (χ0v) is 12.0. The van der Waals surface area contributed by atoms with Gasteiger partial charge in [-0.1, -0.05) is 37.3 Å². The molecule has 2 aromatic carbocycles. The second-order valence-electron chi connectivity index (χ2n) is 4.74. The summed E-state index contributed by atoms with van der Waals surface area (Å²) >= 11 is 0. The molecule has 0 saturated heterocycles. The van der Waals surface area contributed by atoms with Crippen LogP contribution in [-0.2, 0) is 11.3 Å². The molecular weight excluding hydrogens is 250 g/mol. The minimum Gasteiger partial charge on any atom is -0.457 e. The molecule has 1 atom stereocenters. The van der Waals surface area contributed by atoms with E-state index in [1.54, 1.807) is 7.11 Å². The number of nitrogens with two attached hydrogens (primary N) is 1. The van der Waals surface area contributed by atoms with Gasteiger partial charge in [-0.05, 0) is 30.2 Å². The number of ether oxygens (including phenoxy) is 2. The molecule has 0 radical (unpaired) electrons. The molecule has 0 spiro atoms. The van der Waals surface area contributed by atoms with Crippen molar-refractivity contribution in [3.63, 3.8) is 0 Å². The van der Waals surface area contributed by atoms with E-state index in [4.69, 9.17) is 15.2 Å². The molecule has 2 N–H and O–H groups in total. The molecular formula is C17H21NO2. The molecule has 2 aromatic rings. The molecule has 0 aliphatic carbocycles. The highest BCUT2D eigenvalue weighted by molar-refractivity contribution is 5.40. The average molecular weight is 271 g/mol. The highest BCUT2D eigenvalue weighted by Crippen LogP contribution is 2.30. The highest BCUT2D eigenvalue weighted by Gasteiger charge is 2.10. The van der Waals surface area contributed by atoms with Gasteiger partial charge in [0.15, 0.2) is 0 Å². The van der Waals surface area contributed by atoms with Crippen LogP contribution < -0.4 is 10.5 Å². The summed E-state index contributed by atoms with van der Waals surface area (Å²) in [6, 6.07) is 15.8. The van der Waals surface area contributed by atoms with Crippen LogP contribution in [0.4, 0.5) is 0 Å². The standard InChI is InChI=1S/C17H21NO2/c1-3-16(18)15-9-4-5-10-17(15)20-14-8-6-7-13(11-14)12-19-2/h4-11,16H,3,12,18H2,1-2H3. The summed E-state index contributed by atoms with van der Waals surface area (Å²) in [6.07, 6.45) is 0.879. The molecule has 2 rings (SSSR count). The van der Waals surface area contributed by atoms with Crippen molar-refractivity contribution >= 4 is 0 Å². The maximum Gasteiger partial charge on any atom is 0.132 e. The van der Waals surface area contributed by atoms with E-state index in [0.29, 0.717) is 6.61 Å². The fraction of sp³-hybridized carbons (Fsp3) is 0.294. The van der Waals surface area contributed by atoms with Gasteiger partial charge in [0, 0.05) is 18.7 Å². The fourth-order valence-corrected chi connectivity index (χ4v) is 2.09. The third-order valence-electron chi connectivity index (χ3n) is 3.20. The Hall–Kier alpha value is -1.84. The third kappa shape index (κ3) is 3.59. The minimum atomic E-state index is -0.00615. The summed E-state index contributed by atoms with van der Waals surface area (Å²) in [5, 5.41) is 0. The van der Waals surface area contributed by atoms with E-state index in [1.165, 1.54) is 0 Å². The van der Waals surface area contributed by atoms with Crippen LogP contribution in [0, 0.1) is 0 Å². The molecule has 0 aliphatic rings. The molecule has 1 unspecified atom stereocenters. The van der Waals surface area contributed by atoms with E-state index in [1.807, 2.05) is 48.5 Å². The van der Waals surface area contributed by atoms with Gasteiger partial charge in [-0.2, -0.15) is 0 Å². The molecule has 0 amide bonds. The van der Waals surface area contributed by atoms with Gasteiger partial charge >= 0.3 is 0 Å². The SMILES string of the molecule is CCC(N)c1ccccc1Oc1cccc(COC)c1. The van der Waals surface area contributed by atoms with Crippen LogP contribution in [0.2, 0.25) is 0 Å². The molecule has 0 saturated carbocycles. The first-order chi connectivity index (χ1) is 9.74. The van der Waals surface area contributed by atoms with Gasteiger partial charge in [-0.3, -0.25) is 0 Å². The number of rotatable bonds is 6. The average Bonchev–Trinajstić information content (AvgIpc) is 2.48. The van der Waals surface area contributed by atoms with Crippen molar-refractivity contribution < 1.29 is 9.47 Å². The quantitative estimate of drug-likeness (QED) is 0.862. The summed E-state index contributed by atoms with van der Waals surface area (Å²) in [7, 11) is 1.68. The van der Waals surface area contributed by atoms with E-state index in [2.05, 4.69) is 6.92 Å². The molecule has 0 aromatic heterocycles. The molecule has 0 bridgehead atoms. The Kier molecular flexibility index (Phi) is 5.16. The predicted octanol–water partition coefficient (Wildman–Crippen LogP) is 4.04. The summed E-state index contributed by atoms with van der Waals surface area (Å²) in [5.41, 5.74) is 8.25. The van der Waals surface area contributed by atoms with Crippen LogP contribution in [0.3, 0.4) is 0 Å². The van der Waals surface area contributed by atoms with E-state index in [-0.39, 0.29) is 6.04 Å². The monoisotopic (exact) mass is 271 g/mol. The number of benzene rings is 2. The molecule has 0 heterocycles. The first-order valence-corrected chi connectivity index (χ1v) is 6.84. The number of hydrogen-bond acceptors (Lipinski definition) is 3. The normalized spacial score (nSPS) is 12.2. The van der Waals surface area contributed by atoms with Crippen LogP contribution in [0.5, 0.6) is 11.5 Å². The van der Waals surface area contributed by atoms with Crippen LogP contribution in [0.15, 0.2) is 48.5 Å². The van der Waals surface area contributed by atoms with Crippen molar-refractivity contribution in [2.24, 2.45) is 5.73 Å². The lowest BCUT2D eigenvalue weighted by Gasteiger charge is -2.15. The van der Waals surface area contributed by atoms with Gasteiger partial charge in [0.25, 0.3) is 0 Å². The molecule has 106 valence electrons. The second kappa shape index (κ2) is 7.08. The maximum absolute atomic E-state index is 6.13. The van der Waals surface area contributed by atoms with E-state index in [9.17, 15) is 0 Å². The Balaban J connectivity index is 2.23. The Morgan fingerprint density at radius 2 is 1.90 bits per heavy atom. The largest absolute Gasteiger partial charge is 0.457 e. The van der Waals surface area contributed by atoms with Crippen molar-refractivity contribution in [2.45, 2.75) is 26.0 Å². The van der Waals surface area contributed by atoms with Gasteiger partial charge in [0.05, 0.1) is 6.61 Å². The Labute approximate surface area is 120 Å². The number of hydrogen-bond donors (Lipinski definition) is 1. The first kappa shape index (κ1) is 14.6. The topological polar surface area (TPSA) is 44.5 Å². The van der Waals surface area contributed by atoms with Gasteiger partial charge in [-0.25, -0.2) is 0 Å². The summed E-state index contributed by atoms with van der Waals surface area (Å²) in [5.74, 6) is 1.62. The van der Waals surface area contributed by atoms with Crippen molar-refractivity contribution in [2.75, 3.05) is 7.11 Å². The molecule has 0 aliphatic heterocycles. The second-order valence-corrected chi connectivity index (χ2v) is 4.74.